The lowest BCUT2D eigenvalue weighted by molar-refractivity contribution is -0.123. The molecule has 2 heterocycles. The zero-order chi connectivity index (χ0) is 17.8. The van der Waals surface area contributed by atoms with Crippen molar-refractivity contribution in [2.45, 2.75) is 26.3 Å². The molecule has 0 spiro atoms. The molecule has 0 aliphatic carbocycles. The van der Waals surface area contributed by atoms with Crippen molar-refractivity contribution in [3.8, 4) is 0 Å². The lowest BCUT2D eigenvalue weighted by atomic mass is 10.2. The van der Waals surface area contributed by atoms with Gasteiger partial charge in [-0.1, -0.05) is 30.3 Å². The van der Waals surface area contributed by atoms with Gasteiger partial charge in [0.25, 0.3) is 0 Å². The van der Waals surface area contributed by atoms with Gasteiger partial charge in [-0.05, 0) is 32.0 Å². The van der Waals surface area contributed by atoms with Gasteiger partial charge < -0.3 is 9.42 Å². The van der Waals surface area contributed by atoms with Crippen molar-refractivity contribution >= 4 is 23.4 Å². The van der Waals surface area contributed by atoms with Crippen molar-refractivity contribution in [1.29, 1.82) is 0 Å². The maximum absolute atomic E-state index is 12.8. The second-order valence-corrected chi connectivity index (χ2v) is 6.07. The minimum Gasteiger partial charge on any atom is -0.338 e. The molecule has 0 radical (unpaired) electrons. The molecule has 0 saturated carbocycles. The van der Waals surface area contributed by atoms with E-state index >= 15 is 0 Å². The lowest BCUT2D eigenvalue weighted by Gasteiger charge is -2.25. The Kier molecular flexibility index (Phi) is 5.14. The Morgan fingerprint density at radius 1 is 1.40 bits per heavy atom. The minimum absolute atomic E-state index is 0.0383. The van der Waals surface area contributed by atoms with Crippen LogP contribution in [0.3, 0.4) is 0 Å². The first-order valence-electron chi connectivity index (χ1n) is 8.42. The standard InChI is InChI=1S/C18H22N4O3/c1-3-21(12-16(23)19-17-11-13(2)20-25-17)15-9-10-22(18(15)24)14-7-5-4-6-8-14/h4-8,11,15H,3,9-10,12H2,1-2H3,(H,19,23)/t15-/m0/s1. The van der Waals surface area contributed by atoms with E-state index in [9.17, 15) is 9.59 Å². The number of nitrogens with zero attached hydrogens (tertiary/aromatic N) is 3. The van der Waals surface area contributed by atoms with E-state index in [1.165, 1.54) is 0 Å². The van der Waals surface area contributed by atoms with Crippen molar-refractivity contribution in [2.24, 2.45) is 0 Å². The molecule has 1 saturated heterocycles. The molecule has 1 aromatic carbocycles. The van der Waals surface area contributed by atoms with Crippen molar-refractivity contribution in [3.63, 3.8) is 0 Å². The number of anilines is 2. The molecule has 1 N–H and O–H groups in total. The van der Waals surface area contributed by atoms with Gasteiger partial charge in [-0.25, -0.2) is 0 Å². The van der Waals surface area contributed by atoms with Gasteiger partial charge >= 0.3 is 0 Å². The number of aryl methyl sites for hydroxylation is 1. The molecule has 132 valence electrons. The summed E-state index contributed by atoms with van der Waals surface area (Å²) >= 11 is 0. The Labute approximate surface area is 146 Å². The number of carbonyl (C=O) groups is 2. The van der Waals surface area contributed by atoms with Gasteiger partial charge in [0, 0.05) is 18.3 Å². The highest BCUT2D eigenvalue weighted by Gasteiger charge is 2.36. The number of carbonyl (C=O) groups excluding carboxylic acids is 2. The summed E-state index contributed by atoms with van der Waals surface area (Å²) in [7, 11) is 0. The Bertz CT molecular complexity index is 744. The predicted molar refractivity (Wildman–Crippen MR) is 94.3 cm³/mol. The molecule has 0 bridgehead atoms. The van der Waals surface area contributed by atoms with E-state index in [2.05, 4.69) is 10.5 Å². The smallest absolute Gasteiger partial charge is 0.244 e. The molecule has 7 heteroatoms. The van der Waals surface area contributed by atoms with Gasteiger partial charge in [-0.2, -0.15) is 0 Å². The molecule has 2 aromatic rings. The zero-order valence-electron chi connectivity index (χ0n) is 14.4. The van der Waals surface area contributed by atoms with Crippen molar-refractivity contribution < 1.29 is 14.1 Å². The first-order valence-corrected chi connectivity index (χ1v) is 8.42. The summed E-state index contributed by atoms with van der Waals surface area (Å²) < 4.78 is 5.00. The second kappa shape index (κ2) is 7.48. The fourth-order valence-corrected chi connectivity index (χ4v) is 3.09. The van der Waals surface area contributed by atoms with Gasteiger partial charge in [-0.15, -0.1) is 0 Å². The monoisotopic (exact) mass is 342 g/mol. The van der Waals surface area contributed by atoms with E-state index in [1.807, 2.05) is 42.2 Å². The first-order chi connectivity index (χ1) is 12.1. The molecule has 25 heavy (non-hydrogen) atoms. The molecule has 0 unspecified atom stereocenters. The summed E-state index contributed by atoms with van der Waals surface area (Å²) in [6, 6.07) is 11.0. The number of nitrogens with one attached hydrogen (secondary N) is 1. The second-order valence-electron chi connectivity index (χ2n) is 6.07. The summed E-state index contributed by atoms with van der Waals surface area (Å²) in [6.45, 7) is 5.14. The molecular formula is C18H22N4O3. The summed E-state index contributed by atoms with van der Waals surface area (Å²) in [5.41, 5.74) is 1.60. The highest BCUT2D eigenvalue weighted by atomic mass is 16.5. The Morgan fingerprint density at radius 2 is 2.16 bits per heavy atom. The third kappa shape index (κ3) is 3.88. The summed E-state index contributed by atoms with van der Waals surface area (Å²) in [6.07, 6.45) is 0.705. The van der Waals surface area contributed by atoms with Gasteiger partial charge in [0.15, 0.2) is 0 Å². The Hall–Kier alpha value is -2.67. The molecule has 1 aromatic heterocycles. The molecule has 1 aliphatic heterocycles. The van der Waals surface area contributed by atoms with Gasteiger partial charge in [0.05, 0.1) is 18.3 Å². The maximum Gasteiger partial charge on any atom is 0.244 e. The number of likely N-dealkylation sites (N-methyl/N-ethyl adjacent to an activating group) is 1. The fraction of sp³-hybridized carbons (Fsp3) is 0.389. The number of rotatable bonds is 6. The van der Waals surface area contributed by atoms with Crippen LogP contribution < -0.4 is 10.2 Å². The molecule has 7 nitrogen and oxygen atoms in total. The number of benzene rings is 1. The van der Waals surface area contributed by atoms with Crippen LogP contribution in [-0.4, -0.2) is 47.5 Å². The van der Waals surface area contributed by atoms with E-state index in [0.29, 0.717) is 31.1 Å². The average molecular weight is 342 g/mol. The number of para-hydroxylation sites is 1. The first kappa shape index (κ1) is 17.2. The minimum atomic E-state index is -0.285. The average Bonchev–Trinajstić information content (AvgIpc) is 3.19. The number of aromatic nitrogens is 1. The molecule has 1 fully saturated rings. The van der Waals surface area contributed by atoms with E-state index in [-0.39, 0.29) is 24.4 Å². The van der Waals surface area contributed by atoms with Crippen LogP contribution in [-0.2, 0) is 9.59 Å². The van der Waals surface area contributed by atoms with Crippen LogP contribution in [0.15, 0.2) is 40.9 Å². The van der Waals surface area contributed by atoms with Crippen LogP contribution in [0.25, 0.3) is 0 Å². The number of amides is 2. The molecule has 3 rings (SSSR count). The fourth-order valence-electron chi connectivity index (χ4n) is 3.09. The molecule has 1 aliphatic rings. The molecular weight excluding hydrogens is 320 g/mol. The Morgan fingerprint density at radius 3 is 2.80 bits per heavy atom. The predicted octanol–water partition coefficient (Wildman–Crippen LogP) is 2.05. The van der Waals surface area contributed by atoms with Crippen molar-refractivity contribution in [1.82, 2.24) is 10.1 Å². The van der Waals surface area contributed by atoms with Crippen LogP contribution in [0.1, 0.15) is 19.0 Å². The van der Waals surface area contributed by atoms with Crippen molar-refractivity contribution in [3.05, 3.63) is 42.1 Å². The summed E-state index contributed by atoms with van der Waals surface area (Å²) in [5, 5.41) is 6.41. The van der Waals surface area contributed by atoms with E-state index in [1.54, 1.807) is 17.9 Å². The van der Waals surface area contributed by atoms with Crippen LogP contribution in [0.4, 0.5) is 11.6 Å². The quantitative estimate of drug-likeness (QED) is 0.869. The third-order valence-corrected chi connectivity index (χ3v) is 4.33. The van der Waals surface area contributed by atoms with Crippen molar-refractivity contribution in [2.75, 3.05) is 29.9 Å². The highest BCUT2D eigenvalue weighted by Crippen LogP contribution is 2.24. The Balaban J connectivity index is 1.63. The van der Waals surface area contributed by atoms with Gasteiger partial charge in [-0.3, -0.25) is 19.8 Å². The van der Waals surface area contributed by atoms with Gasteiger partial charge in [0.2, 0.25) is 17.7 Å². The maximum atomic E-state index is 12.8. The summed E-state index contributed by atoms with van der Waals surface area (Å²) in [4.78, 5) is 28.7. The molecule has 1 atom stereocenters. The van der Waals surface area contributed by atoms with E-state index in [0.717, 1.165) is 5.69 Å². The number of hydrogen-bond donors (Lipinski definition) is 1. The van der Waals surface area contributed by atoms with Crippen LogP contribution >= 0.6 is 0 Å². The van der Waals surface area contributed by atoms with E-state index in [4.69, 9.17) is 4.52 Å². The SMILES string of the molecule is CCN(CC(=O)Nc1cc(C)no1)[C@H]1CCN(c2ccccc2)C1=O. The normalized spacial score (nSPS) is 17.3. The largest absolute Gasteiger partial charge is 0.338 e. The van der Waals surface area contributed by atoms with Crippen LogP contribution in [0.5, 0.6) is 0 Å². The van der Waals surface area contributed by atoms with Crippen LogP contribution in [0.2, 0.25) is 0 Å². The van der Waals surface area contributed by atoms with Gasteiger partial charge in [0.1, 0.15) is 0 Å². The van der Waals surface area contributed by atoms with Crippen LogP contribution in [0, 0.1) is 6.92 Å². The highest BCUT2D eigenvalue weighted by molar-refractivity contribution is 6.00. The zero-order valence-corrected chi connectivity index (χ0v) is 14.4. The lowest BCUT2D eigenvalue weighted by Crippen LogP contribution is -2.45. The topological polar surface area (TPSA) is 78.7 Å². The number of hydrogen-bond acceptors (Lipinski definition) is 5. The summed E-state index contributed by atoms with van der Waals surface area (Å²) in [5.74, 6) is 0.141. The molecule has 2 amide bonds. The van der Waals surface area contributed by atoms with E-state index < -0.39 is 0 Å². The third-order valence-electron chi connectivity index (χ3n) is 4.33.